The van der Waals surface area contributed by atoms with Gasteiger partial charge in [-0.2, -0.15) is 0 Å². The fourth-order valence-electron chi connectivity index (χ4n) is 1.54. The van der Waals surface area contributed by atoms with Crippen molar-refractivity contribution in [3.8, 4) is 11.3 Å². The van der Waals surface area contributed by atoms with Gasteiger partial charge < -0.3 is 4.98 Å². The van der Waals surface area contributed by atoms with Crippen molar-refractivity contribution < 1.29 is 0 Å². The number of aromatic nitrogens is 2. The SMILES string of the molecule is Cc1ccc(C)c(-c2cncc(=O)[nH]2)c1. The van der Waals surface area contributed by atoms with Crippen LogP contribution in [0.25, 0.3) is 11.3 Å². The molecule has 2 rings (SSSR count). The Hall–Kier alpha value is -1.90. The molecule has 0 spiro atoms. The molecule has 0 saturated carbocycles. The zero-order valence-corrected chi connectivity index (χ0v) is 8.74. The quantitative estimate of drug-likeness (QED) is 0.765. The minimum atomic E-state index is -0.173. The number of aromatic amines is 1. The van der Waals surface area contributed by atoms with Crippen molar-refractivity contribution in [3.63, 3.8) is 0 Å². The number of aryl methyl sites for hydroxylation is 2. The third kappa shape index (κ3) is 1.96. The van der Waals surface area contributed by atoms with Crippen molar-refractivity contribution in [1.29, 1.82) is 0 Å². The summed E-state index contributed by atoms with van der Waals surface area (Å²) in [5.41, 5.74) is 3.92. The third-order valence-electron chi connectivity index (χ3n) is 2.34. The number of hydrogen-bond acceptors (Lipinski definition) is 2. The Labute approximate surface area is 87.8 Å². The minimum absolute atomic E-state index is 0.173. The van der Waals surface area contributed by atoms with E-state index in [1.165, 1.54) is 11.8 Å². The van der Waals surface area contributed by atoms with Gasteiger partial charge in [0.15, 0.2) is 0 Å². The maximum atomic E-state index is 11.1. The summed E-state index contributed by atoms with van der Waals surface area (Å²) in [5.74, 6) is 0. The molecule has 0 amide bonds. The molecule has 0 unspecified atom stereocenters. The molecule has 0 radical (unpaired) electrons. The molecular formula is C12H12N2O. The van der Waals surface area contributed by atoms with Gasteiger partial charge in [-0.3, -0.25) is 9.78 Å². The van der Waals surface area contributed by atoms with E-state index in [-0.39, 0.29) is 5.56 Å². The molecule has 1 heterocycles. The molecule has 1 aromatic carbocycles. The summed E-state index contributed by atoms with van der Waals surface area (Å²) in [7, 11) is 0. The summed E-state index contributed by atoms with van der Waals surface area (Å²) in [6, 6.07) is 6.13. The number of nitrogens with one attached hydrogen (secondary N) is 1. The molecule has 1 N–H and O–H groups in total. The van der Waals surface area contributed by atoms with Gasteiger partial charge >= 0.3 is 0 Å². The van der Waals surface area contributed by atoms with E-state index in [0.29, 0.717) is 0 Å². The van der Waals surface area contributed by atoms with E-state index in [1.54, 1.807) is 6.20 Å². The molecule has 2 aromatic rings. The first-order valence-electron chi connectivity index (χ1n) is 4.79. The maximum Gasteiger partial charge on any atom is 0.266 e. The Balaban J connectivity index is 2.63. The lowest BCUT2D eigenvalue weighted by atomic mass is 10.0. The lowest BCUT2D eigenvalue weighted by molar-refractivity contribution is 1.14. The van der Waals surface area contributed by atoms with Crippen LogP contribution in [0.3, 0.4) is 0 Å². The van der Waals surface area contributed by atoms with Crippen molar-refractivity contribution >= 4 is 0 Å². The van der Waals surface area contributed by atoms with Crippen molar-refractivity contribution in [2.45, 2.75) is 13.8 Å². The summed E-state index contributed by atoms with van der Waals surface area (Å²) >= 11 is 0. The predicted molar refractivity (Wildman–Crippen MR) is 59.8 cm³/mol. The smallest absolute Gasteiger partial charge is 0.266 e. The molecular weight excluding hydrogens is 188 g/mol. The molecule has 0 fully saturated rings. The average Bonchev–Trinajstić information content (AvgIpc) is 2.22. The highest BCUT2D eigenvalue weighted by atomic mass is 16.1. The fraction of sp³-hybridized carbons (Fsp3) is 0.167. The number of benzene rings is 1. The highest BCUT2D eigenvalue weighted by Crippen LogP contribution is 2.20. The lowest BCUT2D eigenvalue weighted by Gasteiger charge is -2.05. The van der Waals surface area contributed by atoms with Crippen LogP contribution >= 0.6 is 0 Å². The third-order valence-corrected chi connectivity index (χ3v) is 2.34. The standard InChI is InChI=1S/C12H12N2O/c1-8-3-4-9(2)10(5-8)11-6-13-7-12(15)14-11/h3-7H,1-2H3,(H,14,15). The first-order valence-corrected chi connectivity index (χ1v) is 4.79. The van der Waals surface area contributed by atoms with Crippen molar-refractivity contribution in [2.24, 2.45) is 0 Å². The predicted octanol–water partition coefficient (Wildman–Crippen LogP) is 2.05. The molecule has 0 aliphatic rings. The van der Waals surface area contributed by atoms with E-state index in [9.17, 15) is 4.79 Å². The van der Waals surface area contributed by atoms with Crippen LogP contribution < -0.4 is 5.56 Å². The highest BCUT2D eigenvalue weighted by Gasteiger charge is 2.02. The number of nitrogens with zero attached hydrogens (tertiary/aromatic N) is 1. The average molecular weight is 200 g/mol. The summed E-state index contributed by atoms with van der Waals surface area (Å²) in [6.45, 7) is 4.04. The number of H-pyrrole nitrogens is 1. The normalized spacial score (nSPS) is 10.3. The second-order valence-electron chi connectivity index (χ2n) is 3.63. The molecule has 0 bridgehead atoms. The molecule has 15 heavy (non-hydrogen) atoms. The topological polar surface area (TPSA) is 45.8 Å². The van der Waals surface area contributed by atoms with Crippen molar-refractivity contribution in [1.82, 2.24) is 9.97 Å². The van der Waals surface area contributed by atoms with Crippen molar-refractivity contribution in [3.05, 3.63) is 52.1 Å². The summed E-state index contributed by atoms with van der Waals surface area (Å²) in [5, 5.41) is 0. The molecule has 0 aliphatic carbocycles. The Bertz CT molecular complexity index is 543. The fourth-order valence-corrected chi connectivity index (χ4v) is 1.54. The Morgan fingerprint density at radius 1 is 1.20 bits per heavy atom. The second kappa shape index (κ2) is 3.69. The molecule has 1 aromatic heterocycles. The minimum Gasteiger partial charge on any atom is -0.319 e. The monoisotopic (exact) mass is 200 g/mol. The molecule has 0 aliphatic heterocycles. The number of hydrogen-bond donors (Lipinski definition) is 1. The van der Waals surface area contributed by atoms with Gasteiger partial charge in [0, 0.05) is 5.56 Å². The van der Waals surface area contributed by atoms with Crippen LogP contribution in [0.4, 0.5) is 0 Å². The van der Waals surface area contributed by atoms with Gasteiger partial charge in [0.05, 0.1) is 18.1 Å². The molecule has 76 valence electrons. The Morgan fingerprint density at radius 3 is 2.73 bits per heavy atom. The van der Waals surface area contributed by atoms with Gasteiger partial charge in [0.25, 0.3) is 5.56 Å². The summed E-state index contributed by atoms with van der Waals surface area (Å²) in [6.07, 6.45) is 2.94. The Morgan fingerprint density at radius 2 is 2.00 bits per heavy atom. The van der Waals surface area contributed by atoms with E-state index in [4.69, 9.17) is 0 Å². The van der Waals surface area contributed by atoms with Crippen LogP contribution in [0.15, 0.2) is 35.4 Å². The van der Waals surface area contributed by atoms with E-state index in [1.807, 2.05) is 32.0 Å². The van der Waals surface area contributed by atoms with E-state index >= 15 is 0 Å². The second-order valence-corrected chi connectivity index (χ2v) is 3.63. The van der Waals surface area contributed by atoms with Gasteiger partial charge in [-0.25, -0.2) is 0 Å². The first kappa shape index (κ1) is 9.65. The zero-order chi connectivity index (χ0) is 10.8. The zero-order valence-electron chi connectivity index (χ0n) is 8.74. The van der Waals surface area contributed by atoms with E-state index < -0.39 is 0 Å². The van der Waals surface area contributed by atoms with Crippen LogP contribution in [0.1, 0.15) is 11.1 Å². The van der Waals surface area contributed by atoms with Crippen LogP contribution in [0.2, 0.25) is 0 Å². The van der Waals surface area contributed by atoms with Crippen LogP contribution in [-0.4, -0.2) is 9.97 Å². The van der Waals surface area contributed by atoms with Gasteiger partial charge in [-0.1, -0.05) is 17.7 Å². The van der Waals surface area contributed by atoms with Gasteiger partial charge in [-0.15, -0.1) is 0 Å². The highest BCUT2D eigenvalue weighted by molar-refractivity contribution is 5.63. The van der Waals surface area contributed by atoms with Crippen LogP contribution in [0, 0.1) is 13.8 Å². The Kier molecular flexibility index (Phi) is 2.37. The van der Waals surface area contributed by atoms with Crippen LogP contribution in [-0.2, 0) is 0 Å². The van der Waals surface area contributed by atoms with Crippen LogP contribution in [0.5, 0.6) is 0 Å². The molecule has 0 atom stereocenters. The van der Waals surface area contributed by atoms with Gasteiger partial charge in [-0.05, 0) is 25.5 Å². The largest absolute Gasteiger partial charge is 0.319 e. The maximum absolute atomic E-state index is 11.1. The first-order chi connectivity index (χ1) is 7.16. The van der Waals surface area contributed by atoms with Gasteiger partial charge in [0.2, 0.25) is 0 Å². The van der Waals surface area contributed by atoms with E-state index in [2.05, 4.69) is 9.97 Å². The molecule has 0 saturated heterocycles. The summed E-state index contributed by atoms with van der Waals surface area (Å²) < 4.78 is 0. The lowest BCUT2D eigenvalue weighted by Crippen LogP contribution is -2.06. The van der Waals surface area contributed by atoms with E-state index in [0.717, 1.165) is 16.8 Å². The summed E-state index contributed by atoms with van der Waals surface area (Å²) in [4.78, 5) is 17.8. The molecule has 3 heteroatoms. The van der Waals surface area contributed by atoms with Crippen molar-refractivity contribution in [2.75, 3.05) is 0 Å². The molecule has 3 nitrogen and oxygen atoms in total. The van der Waals surface area contributed by atoms with Gasteiger partial charge in [0.1, 0.15) is 0 Å². The number of rotatable bonds is 1.